The number of para-hydroxylation sites is 1. The molecule has 0 spiro atoms. The molecule has 1 amide bonds. The van der Waals surface area contributed by atoms with Gasteiger partial charge in [0.1, 0.15) is 11.3 Å². The third-order valence-corrected chi connectivity index (χ3v) is 5.86. The fraction of sp³-hybridized carbons (Fsp3) is 0.185. The van der Waals surface area contributed by atoms with Crippen molar-refractivity contribution in [3.63, 3.8) is 0 Å². The molecular formula is C27H23NO4. The van der Waals surface area contributed by atoms with Gasteiger partial charge in [0, 0.05) is 6.54 Å². The van der Waals surface area contributed by atoms with Gasteiger partial charge in [0.25, 0.3) is 5.91 Å². The average molecular weight is 425 g/mol. The first-order valence-electron chi connectivity index (χ1n) is 10.8. The fourth-order valence-electron chi connectivity index (χ4n) is 4.35. The van der Waals surface area contributed by atoms with Gasteiger partial charge >= 0.3 is 0 Å². The highest BCUT2D eigenvalue weighted by Gasteiger charge is 2.42. The molecule has 5 rings (SSSR count). The summed E-state index contributed by atoms with van der Waals surface area (Å²) in [5.41, 5.74) is 2.67. The second-order valence-electron chi connectivity index (χ2n) is 7.81. The van der Waals surface area contributed by atoms with Gasteiger partial charge in [0.2, 0.25) is 5.76 Å². The van der Waals surface area contributed by atoms with E-state index in [9.17, 15) is 9.59 Å². The molecule has 5 heteroatoms. The first-order valence-corrected chi connectivity index (χ1v) is 10.8. The standard InChI is InChI=1S/C27H23NO4/c1-2-31-20-14-12-19(13-15-20)24-23-25(29)21-10-6-7-11-22(21)32-26(23)27(30)28(24)17-16-18-8-4-3-5-9-18/h3-15,24H,2,16-17H2,1H3/t24-/m0/s1. The summed E-state index contributed by atoms with van der Waals surface area (Å²) in [7, 11) is 0. The van der Waals surface area contributed by atoms with Gasteiger partial charge in [0.15, 0.2) is 5.43 Å². The van der Waals surface area contributed by atoms with Gasteiger partial charge in [-0.05, 0) is 48.7 Å². The van der Waals surface area contributed by atoms with Crippen LogP contribution >= 0.6 is 0 Å². The van der Waals surface area contributed by atoms with Crippen LogP contribution in [0.5, 0.6) is 5.75 Å². The lowest BCUT2D eigenvalue weighted by molar-refractivity contribution is 0.0730. The Morgan fingerprint density at radius 1 is 0.906 bits per heavy atom. The Bertz CT molecular complexity index is 1330. The van der Waals surface area contributed by atoms with E-state index in [1.54, 1.807) is 23.1 Å². The van der Waals surface area contributed by atoms with Crippen molar-refractivity contribution in [1.82, 2.24) is 4.90 Å². The SMILES string of the molecule is CCOc1ccc([C@H]2c3c(oc4ccccc4c3=O)C(=O)N2CCc2ccccc2)cc1. The van der Waals surface area contributed by atoms with Gasteiger partial charge in [0.05, 0.1) is 23.6 Å². The quantitative estimate of drug-likeness (QED) is 0.437. The fourth-order valence-corrected chi connectivity index (χ4v) is 4.35. The van der Waals surface area contributed by atoms with E-state index in [-0.39, 0.29) is 17.1 Å². The third kappa shape index (κ3) is 3.46. The van der Waals surface area contributed by atoms with Gasteiger partial charge in [-0.1, -0.05) is 54.6 Å². The maximum atomic E-state index is 13.5. The molecule has 1 aliphatic rings. The minimum atomic E-state index is -0.502. The largest absolute Gasteiger partial charge is 0.494 e. The Kier molecular flexibility index (Phi) is 5.23. The van der Waals surface area contributed by atoms with Crippen molar-refractivity contribution in [3.05, 3.63) is 112 Å². The minimum absolute atomic E-state index is 0.139. The van der Waals surface area contributed by atoms with Crippen LogP contribution in [0.25, 0.3) is 11.0 Å². The molecule has 2 heterocycles. The van der Waals surface area contributed by atoms with Gasteiger partial charge < -0.3 is 14.1 Å². The van der Waals surface area contributed by atoms with E-state index in [2.05, 4.69) is 0 Å². The molecule has 0 N–H and O–H groups in total. The molecule has 1 aliphatic heterocycles. The van der Waals surface area contributed by atoms with Crippen molar-refractivity contribution in [3.8, 4) is 5.75 Å². The first-order chi connectivity index (χ1) is 15.7. The number of carbonyl (C=O) groups is 1. The van der Waals surface area contributed by atoms with Crippen molar-refractivity contribution in [2.45, 2.75) is 19.4 Å². The first kappa shape index (κ1) is 20.1. The summed E-state index contributed by atoms with van der Waals surface area (Å²) in [6.45, 7) is 2.98. The Hall–Kier alpha value is -3.86. The molecule has 0 aliphatic carbocycles. The lowest BCUT2D eigenvalue weighted by Crippen LogP contribution is -2.31. The zero-order valence-corrected chi connectivity index (χ0v) is 17.8. The number of amides is 1. The van der Waals surface area contributed by atoms with Gasteiger partial charge in [-0.3, -0.25) is 9.59 Å². The number of benzene rings is 3. The number of rotatable bonds is 6. The molecule has 1 aromatic heterocycles. The van der Waals surface area contributed by atoms with Crippen molar-refractivity contribution in [1.29, 1.82) is 0 Å². The zero-order valence-electron chi connectivity index (χ0n) is 17.8. The monoisotopic (exact) mass is 425 g/mol. The maximum absolute atomic E-state index is 13.5. The van der Waals surface area contributed by atoms with Crippen LogP contribution in [0, 0.1) is 0 Å². The summed E-state index contributed by atoms with van der Waals surface area (Å²) < 4.78 is 11.5. The van der Waals surface area contributed by atoms with E-state index in [0.29, 0.717) is 36.1 Å². The van der Waals surface area contributed by atoms with Gasteiger partial charge in [-0.25, -0.2) is 0 Å². The van der Waals surface area contributed by atoms with Gasteiger partial charge in [-0.15, -0.1) is 0 Å². The van der Waals surface area contributed by atoms with E-state index < -0.39 is 6.04 Å². The van der Waals surface area contributed by atoms with Crippen LogP contribution in [0.3, 0.4) is 0 Å². The highest BCUT2D eigenvalue weighted by atomic mass is 16.5. The molecule has 160 valence electrons. The molecule has 1 atom stereocenters. The van der Waals surface area contributed by atoms with E-state index in [1.807, 2.05) is 67.6 Å². The number of hydrogen-bond donors (Lipinski definition) is 0. The van der Waals surface area contributed by atoms with E-state index >= 15 is 0 Å². The zero-order chi connectivity index (χ0) is 22.1. The Morgan fingerprint density at radius 3 is 2.38 bits per heavy atom. The third-order valence-electron chi connectivity index (χ3n) is 5.86. The summed E-state index contributed by atoms with van der Waals surface area (Å²) in [5, 5.41) is 0.486. The molecule has 0 radical (unpaired) electrons. The van der Waals surface area contributed by atoms with Crippen molar-refractivity contribution < 1.29 is 13.9 Å². The molecule has 3 aromatic carbocycles. The topological polar surface area (TPSA) is 59.8 Å². The maximum Gasteiger partial charge on any atom is 0.290 e. The van der Waals surface area contributed by atoms with Gasteiger partial charge in [-0.2, -0.15) is 0 Å². The van der Waals surface area contributed by atoms with Crippen LogP contribution in [0.4, 0.5) is 0 Å². The van der Waals surface area contributed by atoms with Crippen molar-refractivity contribution in [2.24, 2.45) is 0 Å². The second-order valence-corrected chi connectivity index (χ2v) is 7.81. The summed E-state index contributed by atoms with van der Waals surface area (Å²) in [4.78, 5) is 28.7. The Labute approximate surface area is 185 Å². The second kappa shape index (κ2) is 8.35. The molecule has 0 saturated carbocycles. The van der Waals surface area contributed by atoms with Crippen LogP contribution in [0.15, 0.2) is 88.1 Å². The molecule has 0 unspecified atom stereocenters. The lowest BCUT2D eigenvalue weighted by atomic mass is 9.98. The number of fused-ring (bicyclic) bond motifs is 2. The number of hydrogen-bond acceptors (Lipinski definition) is 4. The molecule has 32 heavy (non-hydrogen) atoms. The molecule has 0 bridgehead atoms. The van der Waals surface area contributed by atoms with Crippen molar-refractivity contribution in [2.75, 3.05) is 13.2 Å². The smallest absolute Gasteiger partial charge is 0.290 e. The van der Waals surface area contributed by atoms with Crippen LogP contribution in [0.2, 0.25) is 0 Å². The Morgan fingerprint density at radius 2 is 1.62 bits per heavy atom. The summed E-state index contributed by atoms with van der Waals surface area (Å²) in [6.07, 6.45) is 0.682. The minimum Gasteiger partial charge on any atom is -0.494 e. The molecule has 5 nitrogen and oxygen atoms in total. The predicted octanol–water partition coefficient (Wildman–Crippen LogP) is 4.98. The highest BCUT2D eigenvalue weighted by Crippen LogP contribution is 2.38. The van der Waals surface area contributed by atoms with E-state index in [1.165, 1.54) is 0 Å². The van der Waals surface area contributed by atoms with Crippen LogP contribution in [-0.2, 0) is 6.42 Å². The molecule has 4 aromatic rings. The predicted molar refractivity (Wildman–Crippen MR) is 123 cm³/mol. The molecular weight excluding hydrogens is 402 g/mol. The van der Waals surface area contributed by atoms with Crippen molar-refractivity contribution >= 4 is 16.9 Å². The number of nitrogens with zero attached hydrogens (tertiary/aromatic N) is 1. The average Bonchev–Trinajstić information content (AvgIpc) is 3.11. The Balaban J connectivity index is 1.61. The molecule has 0 fully saturated rings. The number of ether oxygens (including phenoxy) is 1. The van der Waals surface area contributed by atoms with E-state index in [4.69, 9.17) is 9.15 Å². The lowest BCUT2D eigenvalue weighted by Gasteiger charge is -2.25. The van der Waals surface area contributed by atoms with Crippen LogP contribution < -0.4 is 10.2 Å². The number of carbonyl (C=O) groups excluding carboxylic acids is 1. The summed E-state index contributed by atoms with van der Waals surface area (Å²) in [5.74, 6) is 0.639. The normalized spacial score (nSPS) is 15.2. The highest BCUT2D eigenvalue weighted by molar-refractivity contribution is 5.99. The van der Waals surface area contributed by atoms with Crippen LogP contribution in [0.1, 0.15) is 40.2 Å². The summed E-state index contributed by atoms with van der Waals surface area (Å²) >= 11 is 0. The van der Waals surface area contributed by atoms with E-state index in [0.717, 1.165) is 16.9 Å². The van der Waals surface area contributed by atoms with Crippen LogP contribution in [-0.4, -0.2) is 24.0 Å². The molecule has 0 saturated heterocycles. The summed E-state index contributed by atoms with van der Waals surface area (Å²) in [6, 6.07) is 24.2.